The van der Waals surface area contributed by atoms with Crippen LogP contribution in [0.5, 0.6) is 0 Å². The molecule has 0 aliphatic heterocycles. The topological polar surface area (TPSA) is 3.24 Å². The molecule has 0 amide bonds. The first kappa shape index (κ1) is 27.5. The van der Waals surface area contributed by atoms with Gasteiger partial charge in [0.25, 0.3) is 0 Å². The summed E-state index contributed by atoms with van der Waals surface area (Å²) in [4.78, 5) is 2.37. The number of anilines is 3. The molecule has 0 aromatic heterocycles. The van der Waals surface area contributed by atoms with Gasteiger partial charge in [0.15, 0.2) is 0 Å². The van der Waals surface area contributed by atoms with Crippen molar-refractivity contribution in [3.8, 4) is 11.1 Å². The van der Waals surface area contributed by atoms with Crippen molar-refractivity contribution in [3.63, 3.8) is 0 Å². The smallest absolute Gasteiger partial charge is 0.0482 e. The quantitative estimate of drug-likeness (QED) is 0.251. The van der Waals surface area contributed by atoms with E-state index in [0.717, 1.165) is 22.0 Å². The van der Waals surface area contributed by atoms with Gasteiger partial charge < -0.3 is 4.90 Å². The van der Waals surface area contributed by atoms with Crippen LogP contribution in [0.3, 0.4) is 0 Å². The molecule has 0 N–H and O–H groups in total. The van der Waals surface area contributed by atoms with Gasteiger partial charge in [0.05, 0.1) is 0 Å². The Bertz CT molecular complexity index is 1500. The van der Waals surface area contributed by atoms with E-state index < -0.39 is 0 Å². The van der Waals surface area contributed by atoms with Crippen molar-refractivity contribution >= 4 is 28.7 Å². The van der Waals surface area contributed by atoms with Crippen LogP contribution in [0.25, 0.3) is 11.1 Å². The minimum absolute atomic E-state index is 0.0961. The van der Waals surface area contributed by atoms with Gasteiger partial charge in [-0.3, -0.25) is 0 Å². The molecular weight excluding hydrogens is 494 g/mol. The zero-order valence-electron chi connectivity index (χ0n) is 24.8. The summed E-state index contributed by atoms with van der Waals surface area (Å²) in [5.74, 6) is 0. The van der Waals surface area contributed by atoms with Crippen LogP contribution in [0.2, 0.25) is 5.02 Å². The molecule has 5 rings (SSSR count). The summed E-state index contributed by atoms with van der Waals surface area (Å²) in [6, 6.07) is 31.1. The minimum atomic E-state index is 0.0961. The molecule has 0 radical (unpaired) electrons. The van der Waals surface area contributed by atoms with Gasteiger partial charge in [-0.2, -0.15) is 0 Å². The fraction of sp³-hybridized carbons (Fsp3) is 0.351. The summed E-state index contributed by atoms with van der Waals surface area (Å²) >= 11 is 6.83. The van der Waals surface area contributed by atoms with E-state index in [9.17, 15) is 0 Å². The average Bonchev–Trinajstić information content (AvgIpc) is 2.87. The van der Waals surface area contributed by atoms with E-state index >= 15 is 0 Å². The largest absolute Gasteiger partial charge is 0.310 e. The molecule has 4 aromatic rings. The monoisotopic (exact) mass is 535 g/mol. The van der Waals surface area contributed by atoms with Crippen LogP contribution >= 0.6 is 11.6 Å². The number of hydrogen-bond donors (Lipinski definition) is 0. The minimum Gasteiger partial charge on any atom is -0.310 e. The van der Waals surface area contributed by atoms with Crippen molar-refractivity contribution in [2.24, 2.45) is 0 Å². The van der Waals surface area contributed by atoms with Gasteiger partial charge in [0.1, 0.15) is 0 Å². The van der Waals surface area contributed by atoms with Gasteiger partial charge in [0, 0.05) is 22.1 Å². The molecule has 0 saturated heterocycles. The standard InChI is InChI=1S/C37H42ClN/c1-25-11-9-10-12-32(25)26-21-28(38)23-31(22-26)39(29-15-13-27(14-16-29)35(2,3)4)30-17-18-33-34(24-30)37(7,8)20-19-36(33,5)6/h9-18,21-24H,19-20H2,1-8H3. The van der Waals surface area contributed by atoms with Gasteiger partial charge >= 0.3 is 0 Å². The summed E-state index contributed by atoms with van der Waals surface area (Å²) in [6.07, 6.45) is 2.39. The Morgan fingerprint density at radius 2 is 1.28 bits per heavy atom. The number of fused-ring (bicyclic) bond motifs is 1. The van der Waals surface area contributed by atoms with E-state index in [1.54, 1.807) is 0 Å². The van der Waals surface area contributed by atoms with E-state index in [4.69, 9.17) is 11.6 Å². The fourth-order valence-electron chi connectivity index (χ4n) is 6.03. The molecule has 1 aliphatic rings. The van der Waals surface area contributed by atoms with Gasteiger partial charge in [-0.05, 0) is 112 Å². The van der Waals surface area contributed by atoms with Crippen LogP contribution in [0.15, 0.2) is 84.9 Å². The van der Waals surface area contributed by atoms with Crippen molar-refractivity contribution < 1.29 is 0 Å². The Labute approximate surface area is 240 Å². The lowest BCUT2D eigenvalue weighted by Gasteiger charge is -2.42. The van der Waals surface area contributed by atoms with Crippen LogP contribution in [-0.4, -0.2) is 0 Å². The predicted molar refractivity (Wildman–Crippen MR) is 170 cm³/mol. The maximum Gasteiger partial charge on any atom is 0.0482 e. The molecule has 0 atom stereocenters. The van der Waals surface area contributed by atoms with Crippen molar-refractivity contribution in [1.82, 2.24) is 0 Å². The molecule has 202 valence electrons. The summed E-state index contributed by atoms with van der Waals surface area (Å²) in [7, 11) is 0. The number of aryl methyl sites for hydroxylation is 1. The van der Waals surface area contributed by atoms with Gasteiger partial charge in [-0.15, -0.1) is 0 Å². The fourth-order valence-corrected chi connectivity index (χ4v) is 6.26. The molecule has 2 heteroatoms. The molecule has 0 fully saturated rings. The second-order valence-corrected chi connectivity index (χ2v) is 14.1. The van der Waals surface area contributed by atoms with Crippen molar-refractivity contribution in [1.29, 1.82) is 0 Å². The molecule has 4 aromatic carbocycles. The Hall–Kier alpha value is -3.03. The van der Waals surface area contributed by atoms with E-state index in [1.807, 2.05) is 0 Å². The average molecular weight is 536 g/mol. The second-order valence-electron chi connectivity index (χ2n) is 13.6. The number of halogens is 1. The molecule has 0 bridgehead atoms. The van der Waals surface area contributed by atoms with Crippen molar-refractivity contribution in [3.05, 3.63) is 112 Å². The van der Waals surface area contributed by atoms with Crippen LogP contribution < -0.4 is 4.90 Å². The SMILES string of the molecule is Cc1ccccc1-c1cc(Cl)cc(N(c2ccc(C(C)(C)C)cc2)c2ccc3c(c2)C(C)(C)CCC3(C)C)c1. The number of rotatable bonds is 4. The first-order valence-electron chi connectivity index (χ1n) is 14.2. The van der Waals surface area contributed by atoms with Crippen LogP contribution in [-0.2, 0) is 16.2 Å². The highest BCUT2D eigenvalue weighted by atomic mass is 35.5. The maximum absolute atomic E-state index is 6.83. The van der Waals surface area contributed by atoms with Crippen LogP contribution in [0.4, 0.5) is 17.1 Å². The molecule has 1 aliphatic carbocycles. The third-order valence-corrected chi connectivity index (χ3v) is 8.90. The summed E-state index contributed by atoms with van der Waals surface area (Å²) < 4.78 is 0. The second kappa shape index (κ2) is 9.86. The first-order chi connectivity index (χ1) is 18.3. The Balaban J connectivity index is 1.72. The zero-order valence-corrected chi connectivity index (χ0v) is 25.6. The third-order valence-electron chi connectivity index (χ3n) is 8.68. The van der Waals surface area contributed by atoms with Gasteiger partial charge in [-0.25, -0.2) is 0 Å². The first-order valence-corrected chi connectivity index (χ1v) is 14.6. The summed E-state index contributed by atoms with van der Waals surface area (Å²) in [5, 5.41) is 0.737. The predicted octanol–water partition coefficient (Wildman–Crippen LogP) is 11.4. The Morgan fingerprint density at radius 3 is 1.92 bits per heavy atom. The molecule has 0 heterocycles. The molecular formula is C37H42ClN. The van der Waals surface area contributed by atoms with Crippen molar-refractivity contribution in [2.75, 3.05) is 4.90 Å². The van der Waals surface area contributed by atoms with E-state index in [2.05, 4.69) is 145 Å². The Kier molecular flexibility index (Phi) is 6.96. The molecule has 1 nitrogen and oxygen atoms in total. The highest BCUT2D eigenvalue weighted by molar-refractivity contribution is 6.31. The molecule has 39 heavy (non-hydrogen) atoms. The Morgan fingerprint density at radius 1 is 0.667 bits per heavy atom. The van der Waals surface area contributed by atoms with Crippen LogP contribution in [0, 0.1) is 6.92 Å². The summed E-state index contributed by atoms with van der Waals surface area (Å²) in [6.45, 7) is 18.5. The lowest BCUT2D eigenvalue weighted by Crippen LogP contribution is -2.34. The lowest BCUT2D eigenvalue weighted by atomic mass is 9.63. The maximum atomic E-state index is 6.83. The van der Waals surface area contributed by atoms with Gasteiger partial charge in [0.2, 0.25) is 0 Å². The van der Waals surface area contributed by atoms with E-state index in [1.165, 1.54) is 46.3 Å². The highest BCUT2D eigenvalue weighted by Crippen LogP contribution is 2.48. The van der Waals surface area contributed by atoms with Crippen LogP contribution in [0.1, 0.15) is 83.6 Å². The zero-order chi connectivity index (χ0) is 28.2. The van der Waals surface area contributed by atoms with Gasteiger partial charge in [-0.1, -0.05) is 103 Å². The normalized spacial score (nSPS) is 16.0. The third kappa shape index (κ3) is 5.39. The summed E-state index contributed by atoms with van der Waals surface area (Å²) in [5.41, 5.74) is 11.6. The highest BCUT2D eigenvalue weighted by Gasteiger charge is 2.37. The number of hydrogen-bond acceptors (Lipinski definition) is 1. The van der Waals surface area contributed by atoms with E-state index in [-0.39, 0.29) is 16.2 Å². The molecule has 0 spiro atoms. The van der Waals surface area contributed by atoms with E-state index in [0.29, 0.717) is 0 Å². The molecule has 0 unspecified atom stereocenters. The number of benzene rings is 4. The van der Waals surface area contributed by atoms with Crippen molar-refractivity contribution in [2.45, 2.75) is 84.5 Å². The molecule has 0 saturated carbocycles. The number of nitrogens with zero attached hydrogens (tertiary/aromatic N) is 1. The lowest BCUT2D eigenvalue weighted by molar-refractivity contribution is 0.332.